The Morgan fingerprint density at radius 3 is 2.24 bits per heavy atom. The van der Waals surface area contributed by atoms with Crippen LogP contribution in [0.2, 0.25) is 0 Å². The third-order valence-corrected chi connectivity index (χ3v) is 4.92. The van der Waals surface area contributed by atoms with Crippen LogP contribution in [0.3, 0.4) is 0 Å². The van der Waals surface area contributed by atoms with E-state index in [0.29, 0.717) is 5.56 Å². The van der Waals surface area contributed by atoms with Crippen molar-refractivity contribution in [2.24, 2.45) is 5.10 Å². The second-order valence-electron chi connectivity index (χ2n) is 7.08. The van der Waals surface area contributed by atoms with Crippen molar-refractivity contribution in [3.05, 3.63) is 109 Å². The van der Waals surface area contributed by atoms with Gasteiger partial charge in [-0.15, -0.1) is 5.10 Å². The van der Waals surface area contributed by atoms with Crippen LogP contribution in [0.1, 0.15) is 15.9 Å². The maximum absolute atomic E-state index is 12.5. The Morgan fingerprint density at radius 2 is 1.55 bits per heavy atom. The summed E-state index contributed by atoms with van der Waals surface area (Å²) in [5.41, 5.74) is 7.22. The third kappa shape index (κ3) is 4.42. The zero-order valence-electron chi connectivity index (χ0n) is 17.4. The highest BCUT2D eigenvalue weighted by Gasteiger charge is 2.11. The van der Waals surface area contributed by atoms with E-state index in [2.05, 4.69) is 26.1 Å². The van der Waals surface area contributed by atoms with E-state index in [1.54, 1.807) is 35.2 Å². The fraction of sp³-hybridized carbons (Fsp3) is 0. The number of hydrogen-bond acceptors (Lipinski definition) is 6. The van der Waals surface area contributed by atoms with Gasteiger partial charge in [-0.3, -0.25) is 4.79 Å². The Labute approximate surface area is 189 Å². The highest BCUT2D eigenvalue weighted by Crippen LogP contribution is 2.22. The Morgan fingerprint density at radius 1 is 0.848 bits per heavy atom. The summed E-state index contributed by atoms with van der Waals surface area (Å²) in [6, 6.07) is 26.5. The summed E-state index contributed by atoms with van der Waals surface area (Å²) < 4.78 is 3.30. The molecule has 0 aliphatic carbocycles. The second kappa shape index (κ2) is 9.06. The molecule has 0 aliphatic heterocycles. The number of aromatic nitrogens is 6. The van der Waals surface area contributed by atoms with Crippen molar-refractivity contribution in [2.45, 2.75) is 0 Å². The number of nitrogens with zero attached hydrogens (tertiary/aromatic N) is 7. The van der Waals surface area contributed by atoms with E-state index in [9.17, 15) is 4.79 Å². The standard InChI is InChI=1S/C24H18N8O/c33-24(19-11-13-22(14-12-19)32-17-26-29-30-32)27-25-15-20-16-31(21-9-5-2-6-10-21)28-23(20)18-7-3-1-4-8-18/h1-17H,(H,27,33)/b25-15+. The van der Waals surface area contributed by atoms with E-state index in [1.807, 2.05) is 66.9 Å². The molecule has 0 bridgehead atoms. The largest absolute Gasteiger partial charge is 0.271 e. The Hall–Kier alpha value is -4.92. The second-order valence-corrected chi connectivity index (χ2v) is 7.08. The van der Waals surface area contributed by atoms with Crippen LogP contribution in [0.25, 0.3) is 22.6 Å². The SMILES string of the molecule is O=C(N/N=C/c1cn(-c2ccccc2)nc1-c1ccccc1)c1ccc(-n2cnnn2)cc1. The van der Waals surface area contributed by atoms with Crippen LogP contribution >= 0.6 is 0 Å². The summed E-state index contributed by atoms with van der Waals surface area (Å²) in [6.45, 7) is 0. The number of hydrogen-bond donors (Lipinski definition) is 1. The minimum atomic E-state index is -0.328. The van der Waals surface area contributed by atoms with Gasteiger partial charge in [-0.1, -0.05) is 48.5 Å². The lowest BCUT2D eigenvalue weighted by Crippen LogP contribution is -2.17. The molecule has 2 heterocycles. The molecule has 5 rings (SSSR count). The van der Waals surface area contributed by atoms with E-state index >= 15 is 0 Å². The Bertz CT molecular complexity index is 1380. The van der Waals surface area contributed by atoms with Crippen LogP contribution in [-0.2, 0) is 0 Å². The highest BCUT2D eigenvalue weighted by atomic mass is 16.2. The van der Waals surface area contributed by atoms with Crippen LogP contribution in [0.5, 0.6) is 0 Å². The predicted octanol–water partition coefficient (Wildman–Crippen LogP) is 3.28. The molecule has 0 fully saturated rings. The summed E-state index contributed by atoms with van der Waals surface area (Å²) in [7, 11) is 0. The van der Waals surface area contributed by atoms with Crippen molar-refractivity contribution in [2.75, 3.05) is 0 Å². The van der Waals surface area contributed by atoms with Crippen molar-refractivity contribution in [3.63, 3.8) is 0 Å². The van der Waals surface area contributed by atoms with Crippen LogP contribution in [-0.4, -0.2) is 42.1 Å². The Balaban J connectivity index is 1.36. The molecular weight excluding hydrogens is 416 g/mol. The van der Waals surface area contributed by atoms with E-state index in [0.717, 1.165) is 28.2 Å². The average molecular weight is 434 g/mol. The number of amides is 1. The first-order valence-corrected chi connectivity index (χ1v) is 10.2. The first kappa shape index (κ1) is 20.0. The number of rotatable bonds is 6. The molecule has 0 unspecified atom stereocenters. The summed E-state index contributed by atoms with van der Waals surface area (Å²) in [6.07, 6.45) is 4.97. The van der Waals surface area contributed by atoms with Gasteiger partial charge in [0.25, 0.3) is 5.91 Å². The maximum atomic E-state index is 12.5. The van der Waals surface area contributed by atoms with E-state index < -0.39 is 0 Å². The molecular formula is C24H18N8O. The molecule has 0 aliphatic rings. The highest BCUT2D eigenvalue weighted by molar-refractivity contribution is 5.95. The lowest BCUT2D eigenvalue weighted by Gasteiger charge is -2.02. The molecule has 0 spiro atoms. The number of para-hydroxylation sites is 1. The van der Waals surface area contributed by atoms with Crippen LogP contribution in [0.4, 0.5) is 0 Å². The fourth-order valence-corrected chi connectivity index (χ4v) is 3.29. The van der Waals surface area contributed by atoms with Gasteiger partial charge >= 0.3 is 0 Å². The quantitative estimate of drug-likeness (QED) is 0.326. The van der Waals surface area contributed by atoms with E-state index in [-0.39, 0.29) is 5.91 Å². The molecule has 9 heteroatoms. The fourth-order valence-electron chi connectivity index (χ4n) is 3.29. The average Bonchev–Trinajstić information content (AvgIpc) is 3.56. The van der Waals surface area contributed by atoms with Gasteiger partial charge in [0.05, 0.1) is 17.6 Å². The molecule has 1 N–H and O–H groups in total. The van der Waals surface area contributed by atoms with Gasteiger partial charge in [0.2, 0.25) is 0 Å². The van der Waals surface area contributed by atoms with Crippen LogP contribution < -0.4 is 5.43 Å². The van der Waals surface area contributed by atoms with E-state index in [4.69, 9.17) is 5.10 Å². The normalized spacial score (nSPS) is 11.0. The molecule has 0 radical (unpaired) electrons. The van der Waals surface area contributed by atoms with Gasteiger partial charge < -0.3 is 0 Å². The minimum Gasteiger partial charge on any atom is -0.267 e. The molecule has 0 atom stereocenters. The van der Waals surface area contributed by atoms with Crippen molar-refractivity contribution in [3.8, 4) is 22.6 Å². The summed E-state index contributed by atoms with van der Waals surface area (Å²) in [4.78, 5) is 12.5. The van der Waals surface area contributed by atoms with Crippen molar-refractivity contribution in [1.29, 1.82) is 0 Å². The maximum Gasteiger partial charge on any atom is 0.271 e. The molecule has 33 heavy (non-hydrogen) atoms. The molecule has 1 amide bonds. The van der Waals surface area contributed by atoms with Crippen molar-refractivity contribution in [1.82, 2.24) is 35.4 Å². The molecule has 2 aromatic heterocycles. The van der Waals surface area contributed by atoms with Gasteiger partial charge in [-0.05, 0) is 46.8 Å². The first-order valence-electron chi connectivity index (χ1n) is 10.2. The van der Waals surface area contributed by atoms with Gasteiger partial charge in [0.15, 0.2) is 0 Å². The summed E-state index contributed by atoms with van der Waals surface area (Å²) in [5, 5.41) is 19.9. The number of nitrogens with one attached hydrogen (secondary N) is 1. The monoisotopic (exact) mass is 434 g/mol. The van der Waals surface area contributed by atoms with Crippen LogP contribution in [0.15, 0.2) is 103 Å². The number of hydrazone groups is 1. The summed E-state index contributed by atoms with van der Waals surface area (Å²) >= 11 is 0. The molecule has 3 aromatic carbocycles. The van der Waals surface area contributed by atoms with Crippen LogP contribution in [0, 0.1) is 0 Å². The summed E-state index contributed by atoms with van der Waals surface area (Å²) in [5.74, 6) is -0.328. The smallest absolute Gasteiger partial charge is 0.267 e. The van der Waals surface area contributed by atoms with Gasteiger partial charge in [0, 0.05) is 22.9 Å². The molecule has 160 valence electrons. The van der Waals surface area contributed by atoms with Crippen molar-refractivity contribution < 1.29 is 4.79 Å². The van der Waals surface area contributed by atoms with Gasteiger partial charge in [-0.2, -0.15) is 10.2 Å². The zero-order chi connectivity index (χ0) is 22.5. The molecule has 9 nitrogen and oxygen atoms in total. The van der Waals surface area contributed by atoms with Gasteiger partial charge in [0.1, 0.15) is 12.0 Å². The number of benzene rings is 3. The third-order valence-electron chi connectivity index (χ3n) is 4.92. The molecule has 0 saturated carbocycles. The Kier molecular flexibility index (Phi) is 5.50. The molecule has 5 aromatic rings. The lowest BCUT2D eigenvalue weighted by molar-refractivity contribution is 0.0955. The van der Waals surface area contributed by atoms with E-state index in [1.165, 1.54) is 11.0 Å². The lowest BCUT2D eigenvalue weighted by atomic mass is 10.1. The number of tetrazole rings is 1. The zero-order valence-corrected chi connectivity index (χ0v) is 17.4. The predicted molar refractivity (Wildman–Crippen MR) is 123 cm³/mol. The number of carbonyl (C=O) groups excluding carboxylic acids is 1. The first-order chi connectivity index (χ1) is 16.3. The van der Waals surface area contributed by atoms with Gasteiger partial charge in [-0.25, -0.2) is 14.8 Å². The van der Waals surface area contributed by atoms with Crippen molar-refractivity contribution >= 4 is 12.1 Å². The minimum absolute atomic E-state index is 0.328. The topological polar surface area (TPSA) is 103 Å². The number of carbonyl (C=O) groups is 1. The molecule has 0 saturated heterocycles.